The van der Waals surface area contributed by atoms with Gasteiger partial charge in [0.15, 0.2) is 0 Å². The molecule has 0 saturated heterocycles. The normalized spacial score (nSPS) is 14.8. The summed E-state index contributed by atoms with van der Waals surface area (Å²) in [5.74, 6) is 1.81. The van der Waals surface area contributed by atoms with Crippen LogP contribution in [0.2, 0.25) is 0 Å². The lowest BCUT2D eigenvalue weighted by molar-refractivity contribution is 0.300. The van der Waals surface area contributed by atoms with Crippen molar-refractivity contribution in [1.29, 1.82) is 0 Å². The van der Waals surface area contributed by atoms with Gasteiger partial charge in [0.25, 0.3) is 0 Å². The van der Waals surface area contributed by atoms with Gasteiger partial charge in [-0.15, -0.1) is 0 Å². The predicted octanol–water partition coefficient (Wildman–Crippen LogP) is 2.81. The number of nitrogens with two attached hydrogens (primary N) is 1. The van der Waals surface area contributed by atoms with Crippen LogP contribution in [0.5, 0.6) is 5.75 Å². The van der Waals surface area contributed by atoms with Gasteiger partial charge in [-0.1, -0.05) is 37.2 Å². The Kier molecular flexibility index (Phi) is 3.44. The zero-order valence-electron chi connectivity index (χ0n) is 9.53. The average Bonchev–Trinajstić information content (AvgIpc) is 3.04. The molecule has 3 heteroatoms. The third-order valence-electron chi connectivity index (χ3n) is 2.95. The van der Waals surface area contributed by atoms with Crippen LogP contribution in [0.1, 0.15) is 30.4 Å². The third kappa shape index (κ3) is 2.95. The van der Waals surface area contributed by atoms with E-state index in [4.69, 9.17) is 22.7 Å². The minimum Gasteiger partial charge on any atom is -0.493 e. The van der Waals surface area contributed by atoms with E-state index in [0.717, 1.165) is 35.8 Å². The highest BCUT2D eigenvalue weighted by molar-refractivity contribution is 7.80. The maximum atomic E-state index is 5.76. The van der Waals surface area contributed by atoms with Crippen LogP contribution in [0.4, 0.5) is 0 Å². The summed E-state index contributed by atoms with van der Waals surface area (Å²) in [5, 5.41) is 0. The number of ether oxygens (including phenoxy) is 1. The van der Waals surface area contributed by atoms with Crippen LogP contribution in [0.25, 0.3) is 0 Å². The third-order valence-corrected chi connectivity index (χ3v) is 3.19. The van der Waals surface area contributed by atoms with Crippen molar-refractivity contribution >= 4 is 17.2 Å². The highest BCUT2D eigenvalue weighted by Gasteiger charge is 2.20. The van der Waals surface area contributed by atoms with E-state index < -0.39 is 0 Å². The van der Waals surface area contributed by atoms with Gasteiger partial charge in [-0.3, -0.25) is 0 Å². The number of rotatable bonds is 5. The van der Waals surface area contributed by atoms with Gasteiger partial charge in [0, 0.05) is 5.56 Å². The van der Waals surface area contributed by atoms with E-state index in [0.29, 0.717) is 4.99 Å². The first-order valence-electron chi connectivity index (χ1n) is 5.70. The fourth-order valence-corrected chi connectivity index (χ4v) is 1.78. The fourth-order valence-electron chi connectivity index (χ4n) is 1.65. The summed E-state index contributed by atoms with van der Waals surface area (Å²) in [6.45, 7) is 2.84. The molecule has 0 atom stereocenters. The molecule has 0 aliphatic heterocycles. The van der Waals surface area contributed by atoms with Crippen molar-refractivity contribution in [3.63, 3.8) is 0 Å². The molecule has 1 aliphatic rings. The van der Waals surface area contributed by atoms with Gasteiger partial charge in [0.1, 0.15) is 10.7 Å². The summed E-state index contributed by atoms with van der Waals surface area (Å²) in [5.41, 5.74) is 7.61. The molecule has 86 valence electrons. The first-order valence-corrected chi connectivity index (χ1v) is 6.11. The molecule has 0 amide bonds. The Hall–Kier alpha value is -1.09. The van der Waals surface area contributed by atoms with Crippen molar-refractivity contribution in [2.75, 3.05) is 6.61 Å². The SMILES string of the molecule is Cc1ccc(C(N)=S)cc1OCCC1CC1. The molecule has 0 heterocycles. The number of thiocarbonyl (C=S) groups is 1. The van der Waals surface area contributed by atoms with E-state index in [2.05, 4.69) is 0 Å². The molecule has 1 aliphatic carbocycles. The minimum atomic E-state index is 0.423. The summed E-state index contributed by atoms with van der Waals surface area (Å²) < 4.78 is 5.76. The molecule has 2 rings (SSSR count). The first-order chi connectivity index (χ1) is 7.66. The van der Waals surface area contributed by atoms with E-state index in [1.165, 1.54) is 12.8 Å². The largest absolute Gasteiger partial charge is 0.493 e. The molecule has 1 saturated carbocycles. The number of benzene rings is 1. The molecule has 1 aromatic carbocycles. The summed E-state index contributed by atoms with van der Waals surface area (Å²) in [4.78, 5) is 0.423. The lowest BCUT2D eigenvalue weighted by atomic mass is 10.1. The van der Waals surface area contributed by atoms with Gasteiger partial charge in [-0.25, -0.2) is 0 Å². The Balaban J connectivity index is 1.99. The molecule has 2 N–H and O–H groups in total. The second-order valence-corrected chi connectivity index (χ2v) is 4.86. The zero-order chi connectivity index (χ0) is 11.5. The minimum absolute atomic E-state index is 0.423. The Morgan fingerprint density at radius 2 is 2.25 bits per heavy atom. The van der Waals surface area contributed by atoms with E-state index in [1.54, 1.807) is 0 Å². The molecule has 2 nitrogen and oxygen atoms in total. The second-order valence-electron chi connectivity index (χ2n) is 4.43. The van der Waals surface area contributed by atoms with Crippen molar-refractivity contribution in [2.24, 2.45) is 11.7 Å². The highest BCUT2D eigenvalue weighted by atomic mass is 32.1. The van der Waals surface area contributed by atoms with Gasteiger partial charge < -0.3 is 10.5 Å². The van der Waals surface area contributed by atoms with Crippen molar-refractivity contribution in [3.8, 4) is 5.75 Å². The van der Waals surface area contributed by atoms with Crippen LogP contribution >= 0.6 is 12.2 Å². The lowest BCUT2D eigenvalue weighted by Gasteiger charge is -2.10. The average molecular weight is 235 g/mol. The molecular weight excluding hydrogens is 218 g/mol. The Labute approximate surface area is 102 Å². The van der Waals surface area contributed by atoms with Gasteiger partial charge in [-0.2, -0.15) is 0 Å². The molecule has 16 heavy (non-hydrogen) atoms. The Morgan fingerprint density at radius 1 is 1.50 bits per heavy atom. The number of hydrogen-bond acceptors (Lipinski definition) is 2. The van der Waals surface area contributed by atoms with Crippen LogP contribution < -0.4 is 10.5 Å². The monoisotopic (exact) mass is 235 g/mol. The molecule has 0 radical (unpaired) electrons. The smallest absolute Gasteiger partial charge is 0.122 e. The van der Waals surface area contributed by atoms with Crippen LogP contribution in [-0.2, 0) is 0 Å². The first kappa shape index (κ1) is 11.4. The van der Waals surface area contributed by atoms with Gasteiger partial charge in [0.05, 0.1) is 6.61 Å². The number of hydrogen-bond donors (Lipinski definition) is 1. The van der Waals surface area contributed by atoms with E-state index >= 15 is 0 Å². The fraction of sp³-hybridized carbons (Fsp3) is 0.462. The van der Waals surface area contributed by atoms with Crippen LogP contribution in [0, 0.1) is 12.8 Å². The maximum absolute atomic E-state index is 5.76. The van der Waals surface area contributed by atoms with E-state index in [9.17, 15) is 0 Å². The predicted molar refractivity (Wildman–Crippen MR) is 69.9 cm³/mol. The van der Waals surface area contributed by atoms with E-state index in [1.807, 2.05) is 25.1 Å². The topological polar surface area (TPSA) is 35.2 Å². The molecular formula is C13H17NOS. The van der Waals surface area contributed by atoms with Crippen LogP contribution in [-0.4, -0.2) is 11.6 Å². The van der Waals surface area contributed by atoms with Crippen LogP contribution in [0.3, 0.4) is 0 Å². The van der Waals surface area contributed by atoms with Gasteiger partial charge in [-0.05, 0) is 30.9 Å². The summed E-state index contributed by atoms with van der Waals surface area (Å²) in [6, 6.07) is 5.87. The van der Waals surface area contributed by atoms with E-state index in [-0.39, 0.29) is 0 Å². The summed E-state index contributed by atoms with van der Waals surface area (Å²) >= 11 is 4.95. The van der Waals surface area contributed by atoms with Gasteiger partial charge >= 0.3 is 0 Å². The van der Waals surface area contributed by atoms with Crippen molar-refractivity contribution in [3.05, 3.63) is 29.3 Å². The van der Waals surface area contributed by atoms with Crippen molar-refractivity contribution in [2.45, 2.75) is 26.2 Å². The molecule has 0 aromatic heterocycles. The lowest BCUT2D eigenvalue weighted by Crippen LogP contribution is -2.10. The standard InChI is InChI=1S/C13H17NOS/c1-9-2-5-11(13(14)16)8-12(9)15-7-6-10-3-4-10/h2,5,8,10H,3-4,6-7H2,1H3,(H2,14,16). The summed E-state index contributed by atoms with van der Waals surface area (Å²) in [6.07, 6.45) is 3.90. The van der Waals surface area contributed by atoms with Crippen molar-refractivity contribution < 1.29 is 4.74 Å². The maximum Gasteiger partial charge on any atom is 0.122 e. The molecule has 0 bridgehead atoms. The Morgan fingerprint density at radius 3 is 2.88 bits per heavy atom. The quantitative estimate of drug-likeness (QED) is 0.797. The second kappa shape index (κ2) is 4.83. The number of aryl methyl sites for hydroxylation is 1. The van der Waals surface area contributed by atoms with Crippen molar-refractivity contribution in [1.82, 2.24) is 0 Å². The molecule has 1 aromatic rings. The Bertz CT molecular complexity index is 399. The zero-order valence-corrected chi connectivity index (χ0v) is 10.3. The highest BCUT2D eigenvalue weighted by Crippen LogP contribution is 2.32. The molecule has 1 fully saturated rings. The van der Waals surface area contributed by atoms with Gasteiger partial charge in [0.2, 0.25) is 0 Å². The van der Waals surface area contributed by atoms with Crippen LogP contribution in [0.15, 0.2) is 18.2 Å². The summed E-state index contributed by atoms with van der Waals surface area (Å²) in [7, 11) is 0. The molecule has 0 unspecified atom stereocenters. The molecule has 0 spiro atoms.